The van der Waals surface area contributed by atoms with Crippen LogP contribution in [0.5, 0.6) is 0 Å². The van der Waals surface area contributed by atoms with E-state index in [0.717, 1.165) is 10.0 Å². The van der Waals surface area contributed by atoms with Gasteiger partial charge < -0.3 is 4.42 Å². The van der Waals surface area contributed by atoms with E-state index in [9.17, 15) is 15.3 Å². The Balaban J connectivity index is 2.02. The molecule has 3 rings (SSSR count). The van der Waals surface area contributed by atoms with Crippen molar-refractivity contribution in [1.29, 1.82) is 10.5 Å². The molecule has 0 N–H and O–H groups in total. The second-order valence-corrected chi connectivity index (χ2v) is 5.86. The number of halogens is 1. The van der Waals surface area contributed by atoms with Crippen LogP contribution in [0.4, 0.5) is 0 Å². The number of nitriles is 2. The monoisotopic (exact) mass is 340 g/mol. The molecule has 0 unspecified atom stereocenters. The molecular weight excluding hydrogens is 332 g/mol. The van der Waals surface area contributed by atoms with E-state index in [0.29, 0.717) is 0 Å². The quantitative estimate of drug-likeness (QED) is 0.798. The van der Waals surface area contributed by atoms with E-state index in [-0.39, 0.29) is 11.5 Å². The number of rotatable bonds is 3. The van der Waals surface area contributed by atoms with Gasteiger partial charge >= 0.3 is 0 Å². The summed E-state index contributed by atoms with van der Waals surface area (Å²) >= 11 is 3.37. The largest absolute Gasteiger partial charge is 0.461 e. The Bertz CT molecular complexity index is 769. The Morgan fingerprint density at radius 1 is 1.24 bits per heavy atom. The normalized spacial score (nSPS) is 22.0. The van der Waals surface area contributed by atoms with Crippen molar-refractivity contribution in [1.82, 2.24) is 0 Å². The molecule has 0 amide bonds. The SMILES string of the molecule is N#CC1(C#N)[C@@H](C(=O)c2ccco2)[C@@H]1c1cccc(Br)c1. The topological polar surface area (TPSA) is 77.8 Å². The van der Waals surface area contributed by atoms with Crippen LogP contribution in [0, 0.1) is 34.0 Å². The minimum atomic E-state index is -1.31. The first-order chi connectivity index (χ1) is 10.1. The summed E-state index contributed by atoms with van der Waals surface area (Å²) in [6, 6.07) is 14.6. The van der Waals surface area contributed by atoms with Gasteiger partial charge in [-0.2, -0.15) is 10.5 Å². The van der Waals surface area contributed by atoms with Gasteiger partial charge in [0.15, 0.2) is 11.2 Å². The van der Waals surface area contributed by atoms with E-state index in [1.807, 2.05) is 36.4 Å². The zero-order chi connectivity index (χ0) is 15.0. The fourth-order valence-corrected chi connectivity index (χ4v) is 3.19. The van der Waals surface area contributed by atoms with Gasteiger partial charge in [0, 0.05) is 10.4 Å². The maximum atomic E-state index is 12.5. The number of nitrogens with zero attached hydrogens (tertiary/aromatic N) is 2. The molecule has 1 heterocycles. The summed E-state index contributed by atoms with van der Waals surface area (Å²) in [5, 5.41) is 18.8. The molecule has 2 atom stereocenters. The first-order valence-electron chi connectivity index (χ1n) is 6.29. The van der Waals surface area contributed by atoms with Gasteiger partial charge in [-0.05, 0) is 29.8 Å². The fourth-order valence-electron chi connectivity index (χ4n) is 2.78. The number of ketones is 1. The van der Waals surface area contributed by atoms with Crippen LogP contribution < -0.4 is 0 Å². The molecular formula is C16H9BrN2O2. The van der Waals surface area contributed by atoms with Gasteiger partial charge in [-0.1, -0.05) is 28.1 Å². The maximum Gasteiger partial charge on any atom is 0.204 e. The summed E-state index contributed by atoms with van der Waals surface area (Å²) in [4.78, 5) is 12.5. The van der Waals surface area contributed by atoms with E-state index in [2.05, 4.69) is 15.9 Å². The van der Waals surface area contributed by atoms with Crippen LogP contribution in [0.1, 0.15) is 22.0 Å². The second-order valence-electron chi connectivity index (χ2n) is 4.94. The molecule has 1 aromatic heterocycles. The molecule has 4 nitrogen and oxygen atoms in total. The average Bonchev–Trinajstić information content (AvgIpc) is 2.86. The van der Waals surface area contributed by atoms with Gasteiger partial charge in [0.2, 0.25) is 5.78 Å². The van der Waals surface area contributed by atoms with E-state index in [4.69, 9.17) is 4.42 Å². The average molecular weight is 341 g/mol. The van der Waals surface area contributed by atoms with Crippen molar-refractivity contribution < 1.29 is 9.21 Å². The molecule has 1 aliphatic rings. The highest BCUT2D eigenvalue weighted by molar-refractivity contribution is 9.10. The lowest BCUT2D eigenvalue weighted by Crippen LogP contribution is -2.07. The molecule has 1 fully saturated rings. The Labute approximate surface area is 129 Å². The summed E-state index contributed by atoms with van der Waals surface area (Å²) in [7, 11) is 0. The van der Waals surface area contributed by atoms with Crippen molar-refractivity contribution in [2.75, 3.05) is 0 Å². The zero-order valence-electron chi connectivity index (χ0n) is 10.8. The van der Waals surface area contributed by atoms with Crippen LogP contribution in [0.2, 0.25) is 0 Å². The van der Waals surface area contributed by atoms with Crippen molar-refractivity contribution >= 4 is 21.7 Å². The van der Waals surface area contributed by atoms with Gasteiger partial charge in [0.25, 0.3) is 0 Å². The second kappa shape index (κ2) is 4.87. The van der Waals surface area contributed by atoms with Crippen LogP contribution in [-0.2, 0) is 0 Å². The van der Waals surface area contributed by atoms with Crippen LogP contribution in [-0.4, -0.2) is 5.78 Å². The predicted octanol–water partition coefficient (Wildman–Crippen LogP) is 3.67. The molecule has 0 radical (unpaired) electrons. The molecule has 0 spiro atoms. The van der Waals surface area contributed by atoms with E-state index in [1.165, 1.54) is 6.26 Å². The summed E-state index contributed by atoms with van der Waals surface area (Å²) in [6.45, 7) is 0. The van der Waals surface area contributed by atoms with Crippen molar-refractivity contribution in [2.24, 2.45) is 11.3 Å². The molecule has 1 aromatic carbocycles. The smallest absolute Gasteiger partial charge is 0.204 e. The molecule has 21 heavy (non-hydrogen) atoms. The zero-order valence-corrected chi connectivity index (χ0v) is 12.4. The molecule has 1 aliphatic carbocycles. The van der Waals surface area contributed by atoms with Crippen molar-refractivity contribution in [3.8, 4) is 12.1 Å². The van der Waals surface area contributed by atoms with Crippen molar-refractivity contribution in [2.45, 2.75) is 5.92 Å². The van der Waals surface area contributed by atoms with Crippen LogP contribution >= 0.6 is 15.9 Å². The number of Topliss-reactive ketones (excluding diaryl/α,β-unsaturated/α-hetero) is 1. The Kier molecular flexibility index (Phi) is 3.16. The predicted molar refractivity (Wildman–Crippen MR) is 77.1 cm³/mol. The van der Waals surface area contributed by atoms with Crippen LogP contribution in [0.3, 0.4) is 0 Å². The van der Waals surface area contributed by atoms with Crippen LogP contribution in [0.25, 0.3) is 0 Å². The number of hydrogen-bond donors (Lipinski definition) is 0. The third kappa shape index (κ3) is 1.98. The van der Waals surface area contributed by atoms with Crippen molar-refractivity contribution in [3.05, 3.63) is 58.5 Å². The lowest BCUT2D eigenvalue weighted by Gasteiger charge is -2.00. The highest BCUT2D eigenvalue weighted by Gasteiger charge is 2.71. The van der Waals surface area contributed by atoms with Gasteiger partial charge in [0.05, 0.1) is 24.3 Å². The van der Waals surface area contributed by atoms with Gasteiger partial charge in [0.1, 0.15) is 0 Å². The molecule has 0 aliphatic heterocycles. The highest BCUT2D eigenvalue weighted by atomic mass is 79.9. The molecule has 1 saturated carbocycles. The Hall–Kier alpha value is -2.37. The maximum absolute atomic E-state index is 12.5. The van der Waals surface area contributed by atoms with E-state index < -0.39 is 17.3 Å². The Morgan fingerprint density at radius 3 is 2.57 bits per heavy atom. The molecule has 0 bridgehead atoms. The van der Waals surface area contributed by atoms with Crippen molar-refractivity contribution in [3.63, 3.8) is 0 Å². The molecule has 0 saturated heterocycles. The highest BCUT2D eigenvalue weighted by Crippen LogP contribution is 2.65. The van der Waals surface area contributed by atoms with Gasteiger partial charge in [-0.15, -0.1) is 0 Å². The summed E-state index contributed by atoms with van der Waals surface area (Å²) in [6.07, 6.45) is 1.41. The number of hydrogen-bond acceptors (Lipinski definition) is 4. The lowest BCUT2D eigenvalue weighted by molar-refractivity contribution is 0.0930. The van der Waals surface area contributed by atoms with Crippen LogP contribution in [0.15, 0.2) is 51.6 Å². The fraction of sp³-hybridized carbons (Fsp3) is 0.188. The number of carbonyl (C=O) groups excluding carboxylic acids is 1. The third-order valence-electron chi connectivity index (χ3n) is 3.83. The standard InChI is InChI=1S/C16H9BrN2O2/c17-11-4-1-3-10(7-11)13-14(16(13,8-18)9-19)15(20)12-5-2-6-21-12/h1-7,13-14H/t13-,14+/m0/s1. The first-order valence-corrected chi connectivity index (χ1v) is 7.09. The van der Waals surface area contributed by atoms with Gasteiger partial charge in [-0.25, -0.2) is 0 Å². The number of furan rings is 1. The van der Waals surface area contributed by atoms with Gasteiger partial charge in [-0.3, -0.25) is 4.79 Å². The molecule has 102 valence electrons. The Morgan fingerprint density at radius 2 is 2.00 bits per heavy atom. The minimum Gasteiger partial charge on any atom is -0.461 e. The van der Waals surface area contributed by atoms with E-state index >= 15 is 0 Å². The summed E-state index contributed by atoms with van der Waals surface area (Å²) in [5.74, 6) is -1.23. The third-order valence-corrected chi connectivity index (χ3v) is 4.32. The molecule has 5 heteroatoms. The number of benzene rings is 1. The lowest BCUT2D eigenvalue weighted by atomic mass is 10.0. The molecule has 2 aromatic rings. The summed E-state index contributed by atoms with van der Waals surface area (Å²) in [5.41, 5.74) is -0.512. The number of carbonyl (C=O) groups is 1. The summed E-state index contributed by atoms with van der Waals surface area (Å²) < 4.78 is 5.96. The minimum absolute atomic E-state index is 0.187. The van der Waals surface area contributed by atoms with E-state index in [1.54, 1.807) is 12.1 Å². The first kappa shape index (κ1) is 13.6.